The van der Waals surface area contributed by atoms with Gasteiger partial charge in [0.05, 0.1) is 6.04 Å². The fourth-order valence-electron chi connectivity index (χ4n) is 1.20. The van der Waals surface area contributed by atoms with E-state index in [9.17, 15) is 18.0 Å². The fraction of sp³-hybridized carbons (Fsp3) is 0.286. The summed E-state index contributed by atoms with van der Waals surface area (Å²) in [5.74, 6) is -0.200. The average Bonchev–Trinajstić information content (AvgIpc) is 2.46. The van der Waals surface area contributed by atoms with Crippen LogP contribution in [0.4, 0.5) is 13.2 Å². The molecular formula is C14H15F3N2O4. The van der Waals surface area contributed by atoms with Gasteiger partial charge in [0.15, 0.2) is 0 Å². The van der Waals surface area contributed by atoms with Gasteiger partial charge in [-0.25, -0.2) is 4.79 Å². The molecule has 9 heteroatoms. The highest BCUT2D eigenvalue weighted by Gasteiger charge is 2.38. The van der Waals surface area contributed by atoms with Crippen molar-refractivity contribution in [1.29, 1.82) is 0 Å². The molecule has 1 aromatic carbocycles. The summed E-state index contributed by atoms with van der Waals surface area (Å²) >= 11 is 0. The maximum Gasteiger partial charge on any atom is 0.490 e. The zero-order chi connectivity index (χ0) is 18.0. The molecule has 126 valence electrons. The molecule has 0 bridgehead atoms. The number of amides is 1. The van der Waals surface area contributed by atoms with Gasteiger partial charge in [0.25, 0.3) is 0 Å². The molecule has 1 aromatic rings. The van der Waals surface area contributed by atoms with Crippen LogP contribution in [0.1, 0.15) is 5.56 Å². The number of carboxylic acid groups (broad SMARTS) is 1. The normalized spacial score (nSPS) is 11.4. The highest BCUT2D eigenvalue weighted by atomic mass is 19.4. The van der Waals surface area contributed by atoms with Gasteiger partial charge in [-0.2, -0.15) is 13.2 Å². The van der Waals surface area contributed by atoms with Gasteiger partial charge in [-0.15, -0.1) is 6.42 Å². The van der Waals surface area contributed by atoms with Crippen molar-refractivity contribution in [3.05, 3.63) is 29.8 Å². The van der Waals surface area contributed by atoms with E-state index < -0.39 is 24.1 Å². The standard InChI is InChI=1S/C12H14N2O2.C2HF3O2/c1-2-7-16-10-5-3-9(4-6-10)8-11(13)12(14)15;3-2(4,5)1(6)7/h1,3-6,11H,7-8,13H2,(H2,14,15);(H,6,7)/t11-;/m0./s1. The molecule has 1 rings (SSSR count). The van der Waals surface area contributed by atoms with Gasteiger partial charge in [0, 0.05) is 0 Å². The summed E-state index contributed by atoms with van der Waals surface area (Å²) in [4.78, 5) is 19.7. The van der Waals surface area contributed by atoms with Gasteiger partial charge in [-0.3, -0.25) is 4.79 Å². The minimum Gasteiger partial charge on any atom is -0.481 e. The van der Waals surface area contributed by atoms with E-state index in [4.69, 9.17) is 32.5 Å². The number of ether oxygens (including phenoxy) is 1. The first-order valence-electron chi connectivity index (χ1n) is 6.08. The van der Waals surface area contributed by atoms with Crippen LogP contribution in [0, 0.1) is 12.3 Å². The quantitative estimate of drug-likeness (QED) is 0.686. The maximum absolute atomic E-state index is 10.8. The van der Waals surface area contributed by atoms with Crippen LogP contribution in [0.25, 0.3) is 0 Å². The summed E-state index contributed by atoms with van der Waals surface area (Å²) < 4.78 is 36.9. The minimum atomic E-state index is -5.08. The van der Waals surface area contributed by atoms with Crippen LogP contribution in [0.2, 0.25) is 0 Å². The molecule has 0 spiro atoms. The maximum atomic E-state index is 10.8. The Bertz CT molecular complexity index is 565. The van der Waals surface area contributed by atoms with Crippen LogP contribution in [0.3, 0.4) is 0 Å². The number of halogens is 3. The van der Waals surface area contributed by atoms with E-state index in [-0.39, 0.29) is 6.61 Å². The van der Waals surface area contributed by atoms with E-state index in [0.29, 0.717) is 12.2 Å². The number of alkyl halides is 3. The number of hydrogen-bond donors (Lipinski definition) is 3. The number of terminal acetylenes is 1. The summed E-state index contributed by atoms with van der Waals surface area (Å²) in [6, 6.07) is 6.56. The van der Waals surface area contributed by atoms with Crippen LogP contribution in [-0.4, -0.2) is 35.8 Å². The van der Waals surface area contributed by atoms with Crippen molar-refractivity contribution in [3.8, 4) is 18.1 Å². The summed E-state index contributed by atoms with van der Waals surface area (Å²) in [6.45, 7) is 0.236. The fourth-order valence-corrected chi connectivity index (χ4v) is 1.20. The number of carbonyl (C=O) groups is 2. The van der Waals surface area contributed by atoms with E-state index in [1.165, 1.54) is 0 Å². The van der Waals surface area contributed by atoms with Crippen LogP contribution in [-0.2, 0) is 16.0 Å². The first kappa shape index (κ1) is 20.3. The van der Waals surface area contributed by atoms with Crippen LogP contribution in [0.15, 0.2) is 24.3 Å². The van der Waals surface area contributed by atoms with Gasteiger partial charge < -0.3 is 21.3 Å². The molecule has 6 nitrogen and oxygen atoms in total. The third kappa shape index (κ3) is 9.00. The summed E-state index contributed by atoms with van der Waals surface area (Å²) in [5.41, 5.74) is 11.5. The minimum absolute atomic E-state index is 0.236. The molecule has 0 radical (unpaired) electrons. The third-order valence-corrected chi connectivity index (χ3v) is 2.31. The molecule has 0 aliphatic rings. The van der Waals surface area contributed by atoms with Crippen molar-refractivity contribution in [2.75, 3.05) is 6.61 Å². The predicted octanol–water partition coefficient (Wildman–Crippen LogP) is 0.687. The zero-order valence-electron chi connectivity index (χ0n) is 11.8. The van der Waals surface area contributed by atoms with Gasteiger partial charge in [-0.1, -0.05) is 18.1 Å². The second kappa shape index (κ2) is 9.32. The van der Waals surface area contributed by atoms with Crippen molar-refractivity contribution >= 4 is 11.9 Å². The van der Waals surface area contributed by atoms with Crippen LogP contribution < -0.4 is 16.2 Å². The molecule has 0 heterocycles. The zero-order valence-corrected chi connectivity index (χ0v) is 11.8. The molecule has 5 N–H and O–H groups in total. The van der Waals surface area contributed by atoms with Gasteiger partial charge in [-0.05, 0) is 24.1 Å². The molecule has 0 saturated heterocycles. The Balaban J connectivity index is 0.000000585. The molecule has 0 aliphatic heterocycles. The number of carbonyl (C=O) groups excluding carboxylic acids is 1. The number of nitrogens with two attached hydrogens (primary N) is 2. The first-order valence-corrected chi connectivity index (χ1v) is 6.08. The number of carboxylic acids is 1. The molecule has 1 atom stereocenters. The molecule has 0 aromatic heterocycles. The number of aliphatic carboxylic acids is 1. The average molecular weight is 332 g/mol. The molecule has 0 unspecified atom stereocenters. The first-order chi connectivity index (χ1) is 10.6. The van der Waals surface area contributed by atoms with Crippen molar-refractivity contribution in [1.82, 2.24) is 0 Å². The molecule has 0 fully saturated rings. The Labute approximate surface area is 130 Å². The lowest BCUT2D eigenvalue weighted by Crippen LogP contribution is -2.38. The van der Waals surface area contributed by atoms with E-state index in [2.05, 4.69) is 5.92 Å². The molecule has 0 saturated carbocycles. The van der Waals surface area contributed by atoms with Crippen LogP contribution >= 0.6 is 0 Å². The van der Waals surface area contributed by atoms with E-state index in [1.807, 2.05) is 12.1 Å². The number of hydrogen-bond acceptors (Lipinski definition) is 4. The Morgan fingerprint density at radius 3 is 2.13 bits per heavy atom. The molecule has 0 aliphatic carbocycles. The summed E-state index contributed by atoms with van der Waals surface area (Å²) in [6.07, 6.45) is 0.401. The highest BCUT2D eigenvalue weighted by Crippen LogP contribution is 2.13. The lowest BCUT2D eigenvalue weighted by molar-refractivity contribution is -0.192. The number of primary amides is 1. The van der Waals surface area contributed by atoms with E-state index >= 15 is 0 Å². The monoisotopic (exact) mass is 332 g/mol. The van der Waals surface area contributed by atoms with E-state index in [0.717, 1.165) is 5.56 Å². The Morgan fingerprint density at radius 2 is 1.78 bits per heavy atom. The molecule has 1 amide bonds. The van der Waals surface area contributed by atoms with Crippen molar-refractivity contribution < 1.29 is 32.6 Å². The lowest BCUT2D eigenvalue weighted by Gasteiger charge is -2.08. The third-order valence-electron chi connectivity index (χ3n) is 2.31. The van der Waals surface area contributed by atoms with Crippen molar-refractivity contribution in [2.45, 2.75) is 18.6 Å². The SMILES string of the molecule is C#CCOc1ccc(C[C@H](N)C(N)=O)cc1.O=C(O)C(F)(F)F. The van der Waals surface area contributed by atoms with E-state index in [1.54, 1.807) is 12.1 Å². The smallest absolute Gasteiger partial charge is 0.481 e. The summed E-state index contributed by atoms with van der Waals surface area (Å²) in [7, 11) is 0. The van der Waals surface area contributed by atoms with Gasteiger partial charge in [0.2, 0.25) is 5.91 Å². The van der Waals surface area contributed by atoms with Gasteiger partial charge >= 0.3 is 12.1 Å². The second-order valence-electron chi connectivity index (χ2n) is 4.15. The predicted molar refractivity (Wildman–Crippen MR) is 75.3 cm³/mol. The van der Waals surface area contributed by atoms with Crippen LogP contribution in [0.5, 0.6) is 5.75 Å². The highest BCUT2D eigenvalue weighted by molar-refractivity contribution is 5.79. The van der Waals surface area contributed by atoms with Gasteiger partial charge in [0.1, 0.15) is 12.4 Å². The largest absolute Gasteiger partial charge is 0.490 e. The van der Waals surface area contributed by atoms with Crippen molar-refractivity contribution in [3.63, 3.8) is 0 Å². The molecule has 23 heavy (non-hydrogen) atoms. The topological polar surface area (TPSA) is 116 Å². The Morgan fingerprint density at radius 1 is 1.30 bits per heavy atom. The Kier molecular flexibility index (Phi) is 8.21. The van der Waals surface area contributed by atoms with Crippen molar-refractivity contribution in [2.24, 2.45) is 11.5 Å². The second-order valence-corrected chi connectivity index (χ2v) is 4.15. The Hall–Kier alpha value is -2.73. The molecular weight excluding hydrogens is 317 g/mol. The number of rotatable bonds is 5. The lowest BCUT2D eigenvalue weighted by atomic mass is 10.1. The number of benzene rings is 1. The summed E-state index contributed by atoms with van der Waals surface area (Å²) in [5, 5.41) is 7.12.